The maximum absolute atomic E-state index is 11.6. The Balaban J connectivity index is 2.66. The average molecular weight is 207 g/mol. The van der Waals surface area contributed by atoms with Gasteiger partial charge >= 0.3 is 0 Å². The third-order valence-corrected chi connectivity index (χ3v) is 2.19. The summed E-state index contributed by atoms with van der Waals surface area (Å²) in [5, 5.41) is 2.69. The molecule has 0 spiro atoms. The molecular formula is C11H17N3O. The predicted octanol–water partition coefficient (Wildman–Crippen LogP) is 1.31. The van der Waals surface area contributed by atoms with Gasteiger partial charge < -0.3 is 11.1 Å². The maximum atomic E-state index is 11.6. The van der Waals surface area contributed by atoms with Crippen LogP contribution >= 0.6 is 0 Å². The molecule has 0 aliphatic rings. The van der Waals surface area contributed by atoms with Crippen LogP contribution in [0.15, 0.2) is 18.3 Å². The number of amides is 1. The van der Waals surface area contributed by atoms with E-state index in [0.29, 0.717) is 5.82 Å². The van der Waals surface area contributed by atoms with Gasteiger partial charge in [0.15, 0.2) is 0 Å². The van der Waals surface area contributed by atoms with Gasteiger partial charge in [-0.2, -0.15) is 0 Å². The summed E-state index contributed by atoms with van der Waals surface area (Å²) in [4.78, 5) is 15.6. The van der Waals surface area contributed by atoms with Gasteiger partial charge in [-0.1, -0.05) is 13.8 Å². The molecule has 0 saturated heterocycles. The largest absolute Gasteiger partial charge is 0.320 e. The highest BCUT2D eigenvalue weighted by molar-refractivity contribution is 5.94. The number of aryl methyl sites for hydroxylation is 1. The van der Waals surface area contributed by atoms with Gasteiger partial charge in [-0.3, -0.25) is 4.79 Å². The zero-order chi connectivity index (χ0) is 11.4. The molecular weight excluding hydrogens is 190 g/mol. The molecule has 0 aliphatic carbocycles. The third-order valence-electron chi connectivity index (χ3n) is 2.19. The Morgan fingerprint density at radius 1 is 1.53 bits per heavy atom. The Morgan fingerprint density at radius 3 is 2.73 bits per heavy atom. The number of aromatic nitrogens is 1. The van der Waals surface area contributed by atoms with Crippen molar-refractivity contribution in [1.82, 2.24) is 4.98 Å². The molecule has 1 aromatic heterocycles. The smallest absolute Gasteiger partial charge is 0.242 e. The molecule has 1 unspecified atom stereocenters. The molecule has 0 bridgehead atoms. The van der Waals surface area contributed by atoms with E-state index < -0.39 is 6.04 Å². The van der Waals surface area contributed by atoms with Crippen LogP contribution in [0.2, 0.25) is 0 Å². The Hall–Kier alpha value is -1.42. The first-order chi connectivity index (χ1) is 7.00. The van der Waals surface area contributed by atoms with Crippen LogP contribution in [0.5, 0.6) is 0 Å². The lowest BCUT2D eigenvalue weighted by Crippen LogP contribution is -2.39. The van der Waals surface area contributed by atoms with E-state index in [4.69, 9.17) is 5.73 Å². The first-order valence-corrected chi connectivity index (χ1v) is 5.00. The topological polar surface area (TPSA) is 68.0 Å². The first-order valence-electron chi connectivity index (χ1n) is 5.00. The zero-order valence-corrected chi connectivity index (χ0v) is 9.32. The van der Waals surface area contributed by atoms with Gasteiger partial charge in [0, 0.05) is 6.20 Å². The summed E-state index contributed by atoms with van der Waals surface area (Å²) in [6.07, 6.45) is 1.66. The van der Waals surface area contributed by atoms with Crippen molar-refractivity contribution in [1.29, 1.82) is 0 Å². The standard InChI is InChI=1S/C11H17N3O/c1-7(2)10(12)11(15)14-9-6-8(3)4-5-13-9/h4-7,10H,12H2,1-3H3,(H,13,14,15). The first kappa shape index (κ1) is 11.7. The van der Waals surface area contributed by atoms with E-state index in [9.17, 15) is 4.79 Å². The van der Waals surface area contributed by atoms with E-state index in [1.807, 2.05) is 32.9 Å². The van der Waals surface area contributed by atoms with E-state index in [1.165, 1.54) is 0 Å². The van der Waals surface area contributed by atoms with E-state index in [1.54, 1.807) is 6.20 Å². The van der Waals surface area contributed by atoms with Crippen LogP contribution in [0.3, 0.4) is 0 Å². The van der Waals surface area contributed by atoms with Gasteiger partial charge in [-0.05, 0) is 30.5 Å². The molecule has 4 heteroatoms. The van der Waals surface area contributed by atoms with Gasteiger partial charge in [0.05, 0.1) is 6.04 Å². The Kier molecular flexibility index (Phi) is 3.80. The van der Waals surface area contributed by atoms with Crippen molar-refractivity contribution in [2.75, 3.05) is 5.32 Å². The average Bonchev–Trinajstić information content (AvgIpc) is 2.16. The van der Waals surface area contributed by atoms with E-state index in [-0.39, 0.29) is 11.8 Å². The number of rotatable bonds is 3. The summed E-state index contributed by atoms with van der Waals surface area (Å²) in [7, 11) is 0. The molecule has 4 nitrogen and oxygen atoms in total. The number of nitrogens with one attached hydrogen (secondary N) is 1. The SMILES string of the molecule is Cc1ccnc(NC(=O)C(N)C(C)C)c1. The summed E-state index contributed by atoms with van der Waals surface area (Å²) in [5.74, 6) is 0.481. The minimum atomic E-state index is -0.493. The number of carbonyl (C=O) groups is 1. The van der Waals surface area contributed by atoms with Crippen LogP contribution < -0.4 is 11.1 Å². The second-order valence-corrected chi connectivity index (χ2v) is 3.98. The highest BCUT2D eigenvalue weighted by atomic mass is 16.2. The molecule has 82 valence electrons. The molecule has 1 rings (SSSR count). The van der Waals surface area contributed by atoms with Crippen LogP contribution in [0.4, 0.5) is 5.82 Å². The molecule has 0 aromatic carbocycles. The molecule has 0 aliphatic heterocycles. The van der Waals surface area contributed by atoms with Gasteiger partial charge in [-0.25, -0.2) is 4.98 Å². The molecule has 0 saturated carbocycles. The quantitative estimate of drug-likeness (QED) is 0.785. The number of nitrogens with zero attached hydrogens (tertiary/aromatic N) is 1. The minimum absolute atomic E-state index is 0.120. The van der Waals surface area contributed by atoms with Crippen LogP contribution in [-0.4, -0.2) is 16.9 Å². The molecule has 15 heavy (non-hydrogen) atoms. The molecule has 0 fully saturated rings. The fourth-order valence-electron chi connectivity index (χ4n) is 1.12. The number of pyridine rings is 1. The van der Waals surface area contributed by atoms with Crippen molar-refractivity contribution in [3.05, 3.63) is 23.9 Å². The van der Waals surface area contributed by atoms with E-state index in [2.05, 4.69) is 10.3 Å². The van der Waals surface area contributed by atoms with Crippen molar-refractivity contribution in [3.8, 4) is 0 Å². The van der Waals surface area contributed by atoms with Gasteiger partial charge in [0.25, 0.3) is 0 Å². The predicted molar refractivity (Wildman–Crippen MR) is 60.4 cm³/mol. The van der Waals surface area contributed by atoms with E-state index in [0.717, 1.165) is 5.56 Å². The van der Waals surface area contributed by atoms with Crippen molar-refractivity contribution >= 4 is 11.7 Å². The van der Waals surface area contributed by atoms with Gasteiger partial charge in [-0.15, -0.1) is 0 Å². The Labute approximate surface area is 89.9 Å². The van der Waals surface area contributed by atoms with Gasteiger partial charge in [0.2, 0.25) is 5.91 Å². The highest BCUT2D eigenvalue weighted by Gasteiger charge is 2.17. The summed E-state index contributed by atoms with van der Waals surface area (Å²) >= 11 is 0. The monoisotopic (exact) mass is 207 g/mol. The Morgan fingerprint density at radius 2 is 2.20 bits per heavy atom. The molecule has 0 radical (unpaired) electrons. The van der Waals surface area contributed by atoms with Crippen molar-refractivity contribution in [2.24, 2.45) is 11.7 Å². The fourth-order valence-corrected chi connectivity index (χ4v) is 1.12. The normalized spacial score (nSPS) is 12.6. The second kappa shape index (κ2) is 4.89. The second-order valence-electron chi connectivity index (χ2n) is 3.98. The summed E-state index contributed by atoms with van der Waals surface area (Å²) in [6, 6.07) is 3.19. The zero-order valence-electron chi connectivity index (χ0n) is 9.32. The number of hydrogen-bond acceptors (Lipinski definition) is 3. The lowest BCUT2D eigenvalue weighted by molar-refractivity contribution is -0.118. The molecule has 3 N–H and O–H groups in total. The number of nitrogens with two attached hydrogens (primary N) is 1. The minimum Gasteiger partial charge on any atom is -0.320 e. The number of hydrogen-bond donors (Lipinski definition) is 2. The lowest BCUT2D eigenvalue weighted by atomic mass is 10.1. The molecule has 1 aromatic rings. The van der Waals surface area contributed by atoms with Crippen LogP contribution in [0.1, 0.15) is 19.4 Å². The molecule has 1 heterocycles. The summed E-state index contributed by atoms with van der Waals surface area (Å²) in [5.41, 5.74) is 6.76. The number of carbonyl (C=O) groups excluding carboxylic acids is 1. The van der Waals surface area contributed by atoms with Crippen molar-refractivity contribution in [3.63, 3.8) is 0 Å². The van der Waals surface area contributed by atoms with Crippen molar-refractivity contribution in [2.45, 2.75) is 26.8 Å². The lowest BCUT2D eigenvalue weighted by Gasteiger charge is -2.14. The third kappa shape index (κ3) is 3.32. The van der Waals surface area contributed by atoms with Gasteiger partial charge in [0.1, 0.15) is 5.82 Å². The van der Waals surface area contributed by atoms with Crippen molar-refractivity contribution < 1.29 is 4.79 Å². The highest BCUT2D eigenvalue weighted by Crippen LogP contribution is 2.07. The Bertz CT molecular complexity index is 349. The fraction of sp³-hybridized carbons (Fsp3) is 0.455. The van der Waals surface area contributed by atoms with Crippen LogP contribution in [0, 0.1) is 12.8 Å². The van der Waals surface area contributed by atoms with Crippen LogP contribution in [-0.2, 0) is 4.79 Å². The summed E-state index contributed by atoms with van der Waals surface area (Å²) in [6.45, 7) is 5.77. The number of anilines is 1. The molecule has 1 atom stereocenters. The molecule has 1 amide bonds. The van der Waals surface area contributed by atoms with E-state index >= 15 is 0 Å². The summed E-state index contributed by atoms with van der Waals surface area (Å²) < 4.78 is 0. The van der Waals surface area contributed by atoms with Crippen LogP contribution in [0.25, 0.3) is 0 Å². The maximum Gasteiger partial charge on any atom is 0.242 e.